The van der Waals surface area contributed by atoms with E-state index in [0.717, 1.165) is 5.56 Å². The molecule has 0 radical (unpaired) electrons. The van der Waals surface area contributed by atoms with Crippen molar-refractivity contribution in [1.82, 2.24) is 0 Å². The summed E-state index contributed by atoms with van der Waals surface area (Å²) >= 11 is 0. The molecule has 1 aliphatic rings. The maximum absolute atomic E-state index is 12.1. The first kappa shape index (κ1) is 15.9. The molecule has 0 aliphatic heterocycles. The molecular formula is C17H18O5. The summed E-state index contributed by atoms with van der Waals surface area (Å²) in [5, 5.41) is 10.0. The lowest BCUT2D eigenvalue weighted by atomic mass is 9.81. The summed E-state index contributed by atoms with van der Waals surface area (Å²) < 4.78 is 4.63. The molecule has 0 heterocycles. The van der Waals surface area contributed by atoms with Gasteiger partial charge in [0.15, 0.2) is 11.6 Å². The molecule has 0 saturated carbocycles. The van der Waals surface area contributed by atoms with E-state index in [0.29, 0.717) is 5.56 Å². The third kappa shape index (κ3) is 3.08. The molecule has 116 valence electrons. The van der Waals surface area contributed by atoms with Crippen molar-refractivity contribution in [3.8, 4) is 0 Å². The van der Waals surface area contributed by atoms with Crippen molar-refractivity contribution in [1.29, 1.82) is 0 Å². The van der Waals surface area contributed by atoms with Crippen molar-refractivity contribution in [2.45, 2.75) is 32.1 Å². The van der Waals surface area contributed by atoms with E-state index in [9.17, 15) is 19.5 Å². The highest BCUT2D eigenvalue weighted by Gasteiger charge is 2.31. The van der Waals surface area contributed by atoms with Crippen molar-refractivity contribution >= 4 is 17.5 Å². The molecule has 1 aromatic carbocycles. The molecular weight excluding hydrogens is 284 g/mol. The number of rotatable bonds is 4. The molecule has 0 bridgehead atoms. The number of Topliss-reactive ketones (excluding diaryl/α,β-unsaturated/α-hetero) is 2. The standard InChI is InChI=1S/C17H18O5/c1-3-13(18)16-14(19)8-12(9-15(16)20)10-4-6-11(7-5-10)17(21)22-2/h4-7,12,19H,3,8-9H2,1-2H3. The van der Waals surface area contributed by atoms with E-state index in [2.05, 4.69) is 4.74 Å². The van der Waals surface area contributed by atoms with Crippen molar-refractivity contribution in [3.05, 3.63) is 46.7 Å². The lowest BCUT2D eigenvalue weighted by Crippen LogP contribution is -2.23. The number of allylic oxidation sites excluding steroid dienone is 2. The van der Waals surface area contributed by atoms with Crippen LogP contribution in [0.2, 0.25) is 0 Å². The number of ether oxygens (including phenoxy) is 1. The van der Waals surface area contributed by atoms with E-state index in [-0.39, 0.29) is 48.1 Å². The van der Waals surface area contributed by atoms with Crippen LogP contribution in [0, 0.1) is 0 Å². The van der Waals surface area contributed by atoms with Gasteiger partial charge < -0.3 is 9.84 Å². The van der Waals surface area contributed by atoms with Gasteiger partial charge in [-0.15, -0.1) is 0 Å². The lowest BCUT2D eigenvalue weighted by Gasteiger charge is -2.23. The van der Waals surface area contributed by atoms with Crippen LogP contribution in [-0.2, 0) is 14.3 Å². The Bertz CT molecular complexity index is 640. The molecule has 1 N–H and O–H groups in total. The van der Waals surface area contributed by atoms with Gasteiger partial charge in [-0.25, -0.2) is 4.79 Å². The lowest BCUT2D eigenvalue weighted by molar-refractivity contribution is -0.122. The summed E-state index contributed by atoms with van der Waals surface area (Å²) in [6.07, 6.45) is 0.636. The molecule has 2 rings (SSSR count). The van der Waals surface area contributed by atoms with Gasteiger partial charge in [-0.1, -0.05) is 19.1 Å². The van der Waals surface area contributed by atoms with Crippen molar-refractivity contribution in [2.24, 2.45) is 0 Å². The van der Waals surface area contributed by atoms with Crippen molar-refractivity contribution in [2.75, 3.05) is 7.11 Å². The average molecular weight is 302 g/mol. The normalized spacial score (nSPS) is 18.3. The Morgan fingerprint density at radius 3 is 2.36 bits per heavy atom. The van der Waals surface area contributed by atoms with Gasteiger partial charge in [0.25, 0.3) is 0 Å². The van der Waals surface area contributed by atoms with Gasteiger partial charge in [-0.3, -0.25) is 9.59 Å². The van der Waals surface area contributed by atoms with Gasteiger partial charge in [0.05, 0.1) is 18.2 Å². The Labute approximate surface area is 128 Å². The molecule has 1 atom stereocenters. The number of methoxy groups -OCH3 is 1. The van der Waals surface area contributed by atoms with Crippen LogP contribution in [0.15, 0.2) is 35.6 Å². The second-order valence-electron chi connectivity index (χ2n) is 5.24. The monoisotopic (exact) mass is 302 g/mol. The highest BCUT2D eigenvalue weighted by Crippen LogP contribution is 2.34. The molecule has 5 nitrogen and oxygen atoms in total. The molecule has 0 amide bonds. The van der Waals surface area contributed by atoms with Crippen molar-refractivity contribution in [3.63, 3.8) is 0 Å². The molecule has 1 aliphatic carbocycles. The molecule has 1 aromatic rings. The predicted molar refractivity (Wildman–Crippen MR) is 79.7 cm³/mol. The van der Waals surface area contributed by atoms with Crippen LogP contribution >= 0.6 is 0 Å². The fourth-order valence-electron chi connectivity index (χ4n) is 2.63. The number of ketones is 2. The number of hydrogen-bond acceptors (Lipinski definition) is 5. The second kappa shape index (κ2) is 6.56. The largest absolute Gasteiger partial charge is 0.511 e. The smallest absolute Gasteiger partial charge is 0.337 e. The maximum atomic E-state index is 12.1. The average Bonchev–Trinajstić information content (AvgIpc) is 2.53. The molecule has 0 aromatic heterocycles. The molecule has 0 saturated heterocycles. The van der Waals surface area contributed by atoms with Gasteiger partial charge in [0, 0.05) is 19.3 Å². The Morgan fingerprint density at radius 2 is 1.86 bits per heavy atom. The molecule has 0 fully saturated rings. The zero-order valence-corrected chi connectivity index (χ0v) is 12.6. The molecule has 0 spiro atoms. The summed E-state index contributed by atoms with van der Waals surface area (Å²) in [5.41, 5.74) is 1.22. The number of carbonyl (C=O) groups excluding carboxylic acids is 3. The predicted octanol–water partition coefficient (Wildman–Crippen LogP) is 2.71. The fourth-order valence-corrected chi connectivity index (χ4v) is 2.63. The first-order valence-corrected chi connectivity index (χ1v) is 7.14. The highest BCUT2D eigenvalue weighted by atomic mass is 16.5. The number of aliphatic hydroxyl groups is 1. The number of aliphatic hydroxyl groups excluding tert-OH is 1. The minimum atomic E-state index is -0.426. The van der Waals surface area contributed by atoms with E-state index in [1.165, 1.54) is 7.11 Å². The maximum Gasteiger partial charge on any atom is 0.337 e. The topological polar surface area (TPSA) is 80.7 Å². The zero-order chi connectivity index (χ0) is 16.3. The van der Waals surface area contributed by atoms with Crippen molar-refractivity contribution < 1.29 is 24.2 Å². The fraction of sp³-hybridized carbons (Fsp3) is 0.353. The van der Waals surface area contributed by atoms with Crippen LogP contribution < -0.4 is 0 Å². The third-order valence-corrected chi connectivity index (χ3v) is 3.84. The molecule has 5 heteroatoms. The Hall–Kier alpha value is -2.43. The minimum absolute atomic E-state index is 0.0510. The summed E-state index contributed by atoms with van der Waals surface area (Å²) in [6.45, 7) is 1.66. The van der Waals surface area contributed by atoms with Crippen LogP contribution in [-0.4, -0.2) is 29.8 Å². The van der Waals surface area contributed by atoms with Crippen LogP contribution in [0.3, 0.4) is 0 Å². The highest BCUT2D eigenvalue weighted by molar-refractivity contribution is 6.21. The van der Waals surface area contributed by atoms with Crippen LogP contribution in [0.5, 0.6) is 0 Å². The summed E-state index contributed by atoms with van der Waals surface area (Å²) in [5.74, 6) is -1.39. The van der Waals surface area contributed by atoms with E-state index < -0.39 is 5.97 Å². The Balaban J connectivity index is 2.22. The second-order valence-corrected chi connectivity index (χ2v) is 5.24. The SMILES string of the molecule is CCC(=O)C1=C(O)CC(c2ccc(C(=O)OC)cc2)CC1=O. The van der Waals surface area contributed by atoms with Gasteiger partial charge in [0.2, 0.25) is 0 Å². The summed E-state index contributed by atoms with van der Waals surface area (Å²) in [7, 11) is 1.31. The number of hydrogen-bond donors (Lipinski definition) is 1. The number of carbonyl (C=O) groups is 3. The number of esters is 1. The van der Waals surface area contributed by atoms with Gasteiger partial charge >= 0.3 is 5.97 Å². The first-order chi connectivity index (χ1) is 10.5. The van der Waals surface area contributed by atoms with Gasteiger partial charge in [0.1, 0.15) is 5.76 Å². The zero-order valence-electron chi connectivity index (χ0n) is 12.6. The quantitative estimate of drug-likeness (QED) is 0.683. The van der Waals surface area contributed by atoms with Crippen LogP contribution in [0.4, 0.5) is 0 Å². The third-order valence-electron chi connectivity index (χ3n) is 3.84. The van der Waals surface area contributed by atoms with Crippen LogP contribution in [0.25, 0.3) is 0 Å². The van der Waals surface area contributed by atoms with Gasteiger partial charge in [-0.05, 0) is 23.6 Å². The summed E-state index contributed by atoms with van der Waals surface area (Å²) in [4.78, 5) is 35.2. The number of benzene rings is 1. The summed E-state index contributed by atoms with van der Waals surface area (Å²) in [6, 6.07) is 6.73. The molecule has 1 unspecified atom stereocenters. The first-order valence-electron chi connectivity index (χ1n) is 7.14. The Kier molecular flexibility index (Phi) is 4.75. The van der Waals surface area contributed by atoms with E-state index >= 15 is 0 Å². The van der Waals surface area contributed by atoms with E-state index in [1.54, 1.807) is 31.2 Å². The van der Waals surface area contributed by atoms with Gasteiger partial charge in [-0.2, -0.15) is 0 Å². The molecule has 22 heavy (non-hydrogen) atoms. The van der Waals surface area contributed by atoms with Crippen LogP contribution in [0.1, 0.15) is 48.0 Å². The van der Waals surface area contributed by atoms with E-state index in [4.69, 9.17) is 0 Å². The minimum Gasteiger partial charge on any atom is -0.511 e. The van der Waals surface area contributed by atoms with E-state index in [1.807, 2.05) is 0 Å². The Morgan fingerprint density at radius 1 is 1.23 bits per heavy atom.